The molecule has 0 spiro atoms. The number of nitrogens with zero attached hydrogens (tertiary/aromatic N) is 1. The van der Waals surface area contributed by atoms with E-state index >= 15 is 0 Å². The molecule has 0 heterocycles. The van der Waals surface area contributed by atoms with E-state index < -0.39 is 5.82 Å². The summed E-state index contributed by atoms with van der Waals surface area (Å²) in [4.78, 5) is 14.0. The van der Waals surface area contributed by atoms with E-state index in [2.05, 4.69) is 0 Å². The number of halogens is 2. The van der Waals surface area contributed by atoms with E-state index in [1.165, 1.54) is 37.5 Å². The molecule has 0 saturated heterocycles. The van der Waals surface area contributed by atoms with Gasteiger partial charge >= 0.3 is 0 Å². The fourth-order valence-electron chi connectivity index (χ4n) is 2.49. The van der Waals surface area contributed by atoms with Gasteiger partial charge in [-0.2, -0.15) is 0 Å². The summed E-state index contributed by atoms with van der Waals surface area (Å²) >= 11 is 5.92. The van der Waals surface area contributed by atoms with Crippen LogP contribution < -0.4 is 0 Å². The van der Waals surface area contributed by atoms with E-state index in [1.807, 2.05) is 0 Å². The summed E-state index contributed by atoms with van der Waals surface area (Å²) in [6.45, 7) is 0. The molecule has 0 aromatic heterocycles. The zero-order valence-electron chi connectivity index (χ0n) is 10.5. The van der Waals surface area contributed by atoms with Crippen molar-refractivity contribution >= 4 is 17.5 Å². The van der Waals surface area contributed by atoms with Crippen molar-refractivity contribution in [2.24, 2.45) is 0 Å². The highest BCUT2D eigenvalue weighted by atomic mass is 35.5. The average Bonchev–Trinajstić information content (AvgIpc) is 2.38. The lowest BCUT2D eigenvalue weighted by molar-refractivity contribution is 0.0696. The first kappa shape index (κ1) is 13.3. The van der Waals surface area contributed by atoms with Crippen molar-refractivity contribution in [1.29, 1.82) is 0 Å². The third kappa shape index (κ3) is 2.83. The minimum absolute atomic E-state index is 0.119. The number of amides is 1. The number of carbonyl (C=O) groups excluding carboxylic acids is 1. The number of rotatable bonds is 2. The van der Waals surface area contributed by atoms with E-state index in [0.29, 0.717) is 5.56 Å². The van der Waals surface area contributed by atoms with Crippen LogP contribution in [0.15, 0.2) is 18.2 Å². The van der Waals surface area contributed by atoms with E-state index in [9.17, 15) is 9.18 Å². The lowest BCUT2D eigenvalue weighted by Gasteiger charge is -2.31. The molecule has 0 aliphatic heterocycles. The maximum Gasteiger partial charge on any atom is 0.255 e. The normalized spacial score (nSPS) is 16.6. The molecule has 0 atom stereocenters. The second-order valence-electron chi connectivity index (χ2n) is 4.83. The Morgan fingerprint density at radius 3 is 2.61 bits per heavy atom. The third-order valence-corrected chi connectivity index (χ3v) is 3.92. The van der Waals surface area contributed by atoms with Crippen LogP contribution in [0.4, 0.5) is 4.39 Å². The summed E-state index contributed by atoms with van der Waals surface area (Å²) in [5.41, 5.74) is 0.381. The number of benzene rings is 1. The topological polar surface area (TPSA) is 20.3 Å². The van der Waals surface area contributed by atoms with Crippen LogP contribution in [0.2, 0.25) is 5.02 Å². The molecular weight excluding hydrogens is 253 g/mol. The number of hydrogen-bond acceptors (Lipinski definition) is 1. The quantitative estimate of drug-likeness (QED) is 0.798. The van der Waals surface area contributed by atoms with Gasteiger partial charge in [-0.25, -0.2) is 4.39 Å². The summed E-state index contributed by atoms with van der Waals surface area (Å²) < 4.78 is 13.0. The standard InChI is InChI=1S/C14H17ClFNO/c1-17(11-5-3-2-4-6-11)14(18)12-8-7-10(16)9-13(12)15/h7-9,11H,2-6H2,1H3. The van der Waals surface area contributed by atoms with Crippen LogP contribution >= 0.6 is 11.6 Å². The number of hydrogen-bond donors (Lipinski definition) is 0. The highest BCUT2D eigenvalue weighted by molar-refractivity contribution is 6.33. The molecule has 1 saturated carbocycles. The van der Waals surface area contributed by atoms with E-state index in [1.54, 1.807) is 11.9 Å². The fraction of sp³-hybridized carbons (Fsp3) is 0.500. The van der Waals surface area contributed by atoms with Crippen LogP contribution in [0.5, 0.6) is 0 Å². The van der Waals surface area contributed by atoms with Crippen molar-refractivity contribution in [1.82, 2.24) is 4.90 Å². The first-order valence-corrected chi connectivity index (χ1v) is 6.69. The smallest absolute Gasteiger partial charge is 0.255 e. The number of carbonyl (C=O) groups is 1. The van der Waals surface area contributed by atoms with Crippen LogP contribution in [0.25, 0.3) is 0 Å². The van der Waals surface area contributed by atoms with Gasteiger partial charge in [0.15, 0.2) is 0 Å². The van der Waals surface area contributed by atoms with Crippen molar-refractivity contribution in [3.8, 4) is 0 Å². The Labute approximate surface area is 112 Å². The molecule has 98 valence electrons. The molecule has 4 heteroatoms. The van der Waals surface area contributed by atoms with Crippen molar-refractivity contribution in [2.75, 3.05) is 7.05 Å². The van der Waals surface area contributed by atoms with Gasteiger partial charge in [0.05, 0.1) is 10.6 Å². The van der Waals surface area contributed by atoms with Crippen molar-refractivity contribution in [3.63, 3.8) is 0 Å². The second-order valence-corrected chi connectivity index (χ2v) is 5.24. The molecule has 1 amide bonds. The van der Waals surface area contributed by atoms with Crippen molar-refractivity contribution < 1.29 is 9.18 Å². The van der Waals surface area contributed by atoms with E-state index in [4.69, 9.17) is 11.6 Å². The molecule has 2 rings (SSSR count). The summed E-state index contributed by atoms with van der Waals surface area (Å²) in [5.74, 6) is -0.538. The van der Waals surface area contributed by atoms with E-state index in [-0.39, 0.29) is 17.0 Å². The molecule has 1 aliphatic rings. The van der Waals surface area contributed by atoms with Gasteiger partial charge < -0.3 is 4.90 Å². The van der Waals surface area contributed by atoms with Gasteiger partial charge in [0, 0.05) is 13.1 Å². The molecule has 0 radical (unpaired) electrons. The summed E-state index contributed by atoms with van der Waals surface area (Å²) in [7, 11) is 1.80. The Hall–Kier alpha value is -1.09. The maximum absolute atomic E-state index is 13.0. The second kappa shape index (κ2) is 5.70. The average molecular weight is 270 g/mol. The SMILES string of the molecule is CN(C(=O)c1ccc(F)cc1Cl)C1CCCCC1. The minimum Gasteiger partial charge on any atom is -0.339 e. The Morgan fingerprint density at radius 2 is 2.00 bits per heavy atom. The molecule has 18 heavy (non-hydrogen) atoms. The zero-order chi connectivity index (χ0) is 13.1. The van der Waals surface area contributed by atoms with Gasteiger partial charge in [-0.05, 0) is 31.0 Å². The molecule has 1 aromatic carbocycles. The van der Waals surface area contributed by atoms with Crippen molar-refractivity contribution in [2.45, 2.75) is 38.1 Å². The predicted molar refractivity (Wildman–Crippen MR) is 70.4 cm³/mol. The molecule has 1 aromatic rings. The zero-order valence-corrected chi connectivity index (χ0v) is 11.2. The molecule has 0 N–H and O–H groups in total. The first-order chi connectivity index (χ1) is 8.59. The highest BCUT2D eigenvalue weighted by Gasteiger charge is 2.24. The Bertz CT molecular complexity index is 443. The van der Waals surface area contributed by atoms with Gasteiger partial charge in [-0.1, -0.05) is 30.9 Å². The molecule has 1 aliphatic carbocycles. The first-order valence-electron chi connectivity index (χ1n) is 6.32. The molecule has 0 unspecified atom stereocenters. The minimum atomic E-state index is -0.420. The summed E-state index contributed by atoms with van der Waals surface area (Å²) in [6, 6.07) is 4.20. The predicted octanol–water partition coefficient (Wildman–Crippen LogP) is 3.88. The van der Waals surface area contributed by atoms with Crippen LogP contribution in [-0.4, -0.2) is 23.9 Å². The molecule has 0 bridgehead atoms. The largest absolute Gasteiger partial charge is 0.339 e. The summed E-state index contributed by atoms with van der Waals surface area (Å²) in [5, 5.41) is 0.183. The Morgan fingerprint density at radius 1 is 1.33 bits per heavy atom. The van der Waals surface area contributed by atoms with Crippen LogP contribution in [0.1, 0.15) is 42.5 Å². The maximum atomic E-state index is 13.0. The highest BCUT2D eigenvalue weighted by Crippen LogP contribution is 2.25. The van der Waals surface area contributed by atoms with Gasteiger partial charge in [0.2, 0.25) is 0 Å². The van der Waals surface area contributed by atoms with Crippen LogP contribution in [0.3, 0.4) is 0 Å². The lowest BCUT2D eigenvalue weighted by Crippen LogP contribution is -2.38. The molecule has 1 fully saturated rings. The fourth-order valence-corrected chi connectivity index (χ4v) is 2.74. The summed E-state index contributed by atoms with van der Waals surface area (Å²) in [6.07, 6.45) is 5.66. The monoisotopic (exact) mass is 269 g/mol. The van der Waals surface area contributed by atoms with Gasteiger partial charge in [0.1, 0.15) is 5.82 Å². The van der Waals surface area contributed by atoms with Gasteiger partial charge in [-0.3, -0.25) is 4.79 Å². The van der Waals surface area contributed by atoms with Crippen molar-refractivity contribution in [3.05, 3.63) is 34.6 Å². The lowest BCUT2D eigenvalue weighted by atomic mass is 9.94. The molecule has 2 nitrogen and oxygen atoms in total. The van der Waals surface area contributed by atoms with Crippen LogP contribution in [0, 0.1) is 5.82 Å². The Balaban J connectivity index is 2.14. The van der Waals surface area contributed by atoms with Gasteiger partial charge in [0.25, 0.3) is 5.91 Å². The van der Waals surface area contributed by atoms with Gasteiger partial charge in [-0.15, -0.1) is 0 Å². The third-order valence-electron chi connectivity index (χ3n) is 3.60. The Kier molecular flexibility index (Phi) is 4.23. The van der Waals surface area contributed by atoms with E-state index in [0.717, 1.165) is 12.8 Å². The molecular formula is C14H17ClFNO. The van der Waals surface area contributed by atoms with Crippen LogP contribution in [-0.2, 0) is 0 Å².